The number of carboxylic acids is 1. The van der Waals surface area contributed by atoms with E-state index in [0.29, 0.717) is 19.3 Å². The van der Waals surface area contributed by atoms with Gasteiger partial charge in [-0.2, -0.15) is 4.98 Å². The van der Waals surface area contributed by atoms with Crippen LogP contribution < -0.4 is 5.32 Å². The highest BCUT2D eigenvalue weighted by Gasteiger charge is 2.42. The molecule has 126 valence electrons. The van der Waals surface area contributed by atoms with Crippen LogP contribution in [0.25, 0.3) is 0 Å². The van der Waals surface area contributed by atoms with Crippen molar-refractivity contribution >= 4 is 23.4 Å². The Labute approximate surface area is 136 Å². The maximum absolute atomic E-state index is 13.7. The molecule has 1 aromatic rings. The molecule has 0 radical (unpaired) electrons. The van der Waals surface area contributed by atoms with Crippen molar-refractivity contribution in [1.29, 1.82) is 0 Å². The van der Waals surface area contributed by atoms with Crippen molar-refractivity contribution in [3.05, 3.63) is 27.4 Å². The predicted octanol–water partition coefficient (Wildman–Crippen LogP) is 2.36. The Morgan fingerprint density at radius 3 is 3.04 bits per heavy atom. The van der Waals surface area contributed by atoms with E-state index in [0.717, 1.165) is 6.20 Å². The van der Waals surface area contributed by atoms with E-state index >= 15 is 0 Å². The second kappa shape index (κ2) is 7.03. The first-order valence-electron chi connectivity index (χ1n) is 7.08. The van der Waals surface area contributed by atoms with Gasteiger partial charge in [0.2, 0.25) is 11.8 Å². The van der Waals surface area contributed by atoms with Crippen molar-refractivity contribution in [2.45, 2.75) is 38.1 Å². The van der Waals surface area contributed by atoms with Gasteiger partial charge in [0, 0.05) is 16.4 Å². The molecule has 1 aliphatic rings. The van der Waals surface area contributed by atoms with Crippen LogP contribution in [-0.4, -0.2) is 38.6 Å². The summed E-state index contributed by atoms with van der Waals surface area (Å²) in [5.74, 6) is -1.84. The summed E-state index contributed by atoms with van der Waals surface area (Å²) >= 11 is 5.63. The smallest absolute Gasteiger partial charge is 0.304 e. The van der Waals surface area contributed by atoms with Crippen LogP contribution in [0.15, 0.2) is 6.20 Å². The Kier molecular flexibility index (Phi) is 5.30. The van der Waals surface area contributed by atoms with Gasteiger partial charge in [-0.05, 0) is 30.9 Å². The van der Waals surface area contributed by atoms with Gasteiger partial charge in [-0.25, -0.2) is 9.37 Å². The number of rotatable bonds is 6. The fraction of sp³-hybridized carbons (Fsp3) is 0.615. The largest absolute Gasteiger partial charge is 0.481 e. The molecule has 1 fully saturated rings. The van der Waals surface area contributed by atoms with Gasteiger partial charge in [0.15, 0.2) is 11.6 Å². The van der Waals surface area contributed by atoms with Crippen molar-refractivity contribution in [3.63, 3.8) is 0 Å². The Morgan fingerprint density at radius 1 is 1.65 bits per heavy atom. The zero-order valence-corrected chi connectivity index (χ0v) is 12.9. The molecule has 1 heterocycles. The number of carboxylic acid groups (broad SMARTS) is 1. The lowest BCUT2D eigenvalue weighted by molar-refractivity contribution is -0.499. The van der Waals surface area contributed by atoms with Crippen LogP contribution in [0, 0.1) is 21.3 Å². The summed E-state index contributed by atoms with van der Waals surface area (Å²) in [7, 11) is 0. The second-order valence-corrected chi connectivity index (χ2v) is 6.17. The molecule has 1 aromatic heterocycles. The first-order valence-corrected chi connectivity index (χ1v) is 7.46. The van der Waals surface area contributed by atoms with Crippen molar-refractivity contribution in [3.8, 4) is 0 Å². The summed E-state index contributed by atoms with van der Waals surface area (Å²) < 4.78 is 13.7. The number of nitro groups is 1. The van der Waals surface area contributed by atoms with Gasteiger partial charge in [0.05, 0.1) is 12.6 Å². The number of halogens is 2. The molecule has 2 rings (SSSR count). The number of aromatic nitrogens is 2. The van der Waals surface area contributed by atoms with Gasteiger partial charge in [-0.15, -0.1) is 0 Å². The summed E-state index contributed by atoms with van der Waals surface area (Å²) in [5.41, 5.74) is -0.946. The fourth-order valence-corrected chi connectivity index (χ4v) is 3.30. The van der Waals surface area contributed by atoms with E-state index in [2.05, 4.69) is 15.3 Å². The minimum absolute atomic E-state index is 0.0813. The van der Waals surface area contributed by atoms with Crippen LogP contribution in [-0.2, 0) is 4.79 Å². The second-order valence-electron chi connectivity index (χ2n) is 5.83. The average molecular weight is 347 g/mol. The van der Waals surface area contributed by atoms with E-state index in [1.807, 2.05) is 0 Å². The van der Waals surface area contributed by atoms with Crippen molar-refractivity contribution in [2.24, 2.45) is 5.41 Å². The molecule has 1 aliphatic carbocycles. The fourth-order valence-electron chi connectivity index (χ4n) is 3.17. The first-order chi connectivity index (χ1) is 10.8. The third kappa shape index (κ3) is 4.72. The number of hydrogen-bond acceptors (Lipinski definition) is 6. The summed E-state index contributed by atoms with van der Waals surface area (Å²) in [6.45, 7) is -0.426. The third-order valence-electron chi connectivity index (χ3n) is 3.99. The van der Waals surface area contributed by atoms with E-state index in [-0.39, 0.29) is 30.0 Å². The standard InChI is InChI=1S/C13H16ClFN4O4/c14-12-16-6-9(15)11(18-12)17-8-2-1-3-13(4-8,5-10(20)21)7-19(22)23/h6,8H,1-5,7H2,(H,20,21)(H,16,17,18)/t8-,13?/m0/s1. The van der Waals surface area contributed by atoms with Crippen LogP contribution in [0.2, 0.25) is 5.28 Å². The molecule has 0 aliphatic heterocycles. The average Bonchev–Trinajstić information content (AvgIpc) is 2.41. The van der Waals surface area contributed by atoms with Crippen LogP contribution in [0.4, 0.5) is 10.2 Å². The van der Waals surface area contributed by atoms with Crippen LogP contribution in [0.3, 0.4) is 0 Å². The molecule has 2 N–H and O–H groups in total. The summed E-state index contributed by atoms with van der Waals surface area (Å²) in [5, 5.41) is 22.7. The van der Waals surface area contributed by atoms with Crippen molar-refractivity contribution in [1.82, 2.24) is 9.97 Å². The summed E-state index contributed by atoms with van der Waals surface area (Å²) in [6, 6.07) is -0.316. The highest BCUT2D eigenvalue weighted by atomic mass is 35.5. The monoisotopic (exact) mass is 346 g/mol. The summed E-state index contributed by atoms with van der Waals surface area (Å²) in [4.78, 5) is 28.8. The number of hydrogen-bond donors (Lipinski definition) is 2. The Balaban J connectivity index is 2.15. The lowest BCUT2D eigenvalue weighted by Gasteiger charge is -2.37. The molecule has 0 spiro atoms. The summed E-state index contributed by atoms with van der Waals surface area (Å²) in [6.07, 6.45) is 2.59. The topological polar surface area (TPSA) is 118 Å². The van der Waals surface area contributed by atoms with Gasteiger partial charge in [0.1, 0.15) is 0 Å². The van der Waals surface area contributed by atoms with E-state index in [9.17, 15) is 19.3 Å². The Morgan fingerprint density at radius 2 is 2.39 bits per heavy atom. The van der Waals surface area contributed by atoms with Gasteiger partial charge in [-0.3, -0.25) is 14.9 Å². The molecule has 0 aromatic carbocycles. The minimum Gasteiger partial charge on any atom is -0.481 e. The number of nitrogens with one attached hydrogen (secondary N) is 1. The molecule has 8 nitrogen and oxygen atoms in total. The molecular formula is C13H16ClFN4O4. The number of aliphatic carboxylic acids is 1. The molecule has 1 unspecified atom stereocenters. The molecule has 0 saturated heterocycles. The molecule has 23 heavy (non-hydrogen) atoms. The SMILES string of the molecule is O=C(O)CC1(C[N+](=O)[O-])CCC[C@H](Nc2nc(Cl)ncc2F)C1. The molecule has 2 atom stereocenters. The first kappa shape index (κ1) is 17.3. The number of carbonyl (C=O) groups is 1. The molecule has 10 heteroatoms. The Bertz CT molecular complexity index is 600. The third-order valence-corrected chi connectivity index (χ3v) is 4.17. The van der Waals surface area contributed by atoms with Gasteiger partial charge in [-0.1, -0.05) is 6.42 Å². The Hall–Kier alpha value is -2.03. The van der Waals surface area contributed by atoms with Gasteiger partial charge < -0.3 is 10.4 Å². The van der Waals surface area contributed by atoms with Crippen LogP contribution >= 0.6 is 11.6 Å². The van der Waals surface area contributed by atoms with E-state index in [4.69, 9.17) is 16.7 Å². The quantitative estimate of drug-likeness (QED) is 0.461. The van der Waals surface area contributed by atoms with Crippen molar-refractivity contribution in [2.75, 3.05) is 11.9 Å². The van der Waals surface area contributed by atoms with Crippen molar-refractivity contribution < 1.29 is 19.2 Å². The molecular weight excluding hydrogens is 331 g/mol. The van der Waals surface area contributed by atoms with E-state index in [1.54, 1.807) is 0 Å². The molecule has 0 amide bonds. The predicted molar refractivity (Wildman–Crippen MR) is 79.4 cm³/mol. The number of anilines is 1. The lowest BCUT2D eigenvalue weighted by atomic mass is 9.70. The molecule has 0 bridgehead atoms. The van der Waals surface area contributed by atoms with Gasteiger partial charge >= 0.3 is 5.97 Å². The lowest BCUT2D eigenvalue weighted by Crippen LogP contribution is -2.41. The van der Waals surface area contributed by atoms with Crippen LogP contribution in [0.5, 0.6) is 0 Å². The maximum atomic E-state index is 13.7. The highest BCUT2D eigenvalue weighted by molar-refractivity contribution is 6.28. The van der Waals surface area contributed by atoms with Crippen LogP contribution in [0.1, 0.15) is 32.1 Å². The highest BCUT2D eigenvalue weighted by Crippen LogP contribution is 2.40. The number of nitrogens with zero attached hydrogens (tertiary/aromatic N) is 3. The maximum Gasteiger partial charge on any atom is 0.304 e. The zero-order chi connectivity index (χ0) is 17.0. The van der Waals surface area contributed by atoms with E-state index < -0.39 is 28.7 Å². The van der Waals surface area contributed by atoms with Gasteiger partial charge in [0.25, 0.3) is 0 Å². The zero-order valence-electron chi connectivity index (χ0n) is 12.2. The normalized spacial score (nSPS) is 24.2. The minimum atomic E-state index is -1.08. The molecule has 1 saturated carbocycles. The van der Waals surface area contributed by atoms with E-state index in [1.165, 1.54) is 0 Å².